The lowest BCUT2D eigenvalue weighted by molar-refractivity contribution is -0.145. The summed E-state index contributed by atoms with van der Waals surface area (Å²) >= 11 is 0. The van der Waals surface area contributed by atoms with Crippen molar-refractivity contribution in [3.63, 3.8) is 0 Å². The van der Waals surface area contributed by atoms with Gasteiger partial charge >= 0.3 is 5.97 Å². The minimum absolute atomic E-state index is 0.0356. The fraction of sp³-hybridized carbons (Fsp3) is 0.667. The number of amides is 1. The van der Waals surface area contributed by atoms with Crippen LogP contribution in [0.4, 0.5) is 0 Å². The Hall–Kier alpha value is -1.85. The molecule has 1 aromatic heterocycles. The van der Waals surface area contributed by atoms with Gasteiger partial charge in [0.05, 0.1) is 6.33 Å². The van der Waals surface area contributed by atoms with Crippen LogP contribution in [0.5, 0.6) is 0 Å². The summed E-state index contributed by atoms with van der Waals surface area (Å²) in [5.74, 6) is -0.844. The molecule has 1 atom stereocenters. The molecule has 0 radical (unpaired) electrons. The normalized spacial score (nSPS) is 12.4. The Morgan fingerprint density at radius 2 is 2.10 bits per heavy atom. The highest BCUT2D eigenvalue weighted by Crippen LogP contribution is 2.19. The number of hydrogen-bond donors (Lipinski definition) is 1. The second-order valence-corrected chi connectivity index (χ2v) is 5.72. The lowest BCUT2D eigenvalue weighted by Crippen LogP contribution is -2.39. The van der Waals surface area contributed by atoms with E-state index in [0.29, 0.717) is 13.0 Å². The van der Waals surface area contributed by atoms with Gasteiger partial charge in [-0.1, -0.05) is 27.2 Å². The maximum absolute atomic E-state index is 12.4. The van der Waals surface area contributed by atoms with Gasteiger partial charge in [0, 0.05) is 31.4 Å². The van der Waals surface area contributed by atoms with Gasteiger partial charge in [-0.15, -0.1) is 0 Å². The molecule has 6 nitrogen and oxygen atoms in total. The first kappa shape index (κ1) is 17.2. The van der Waals surface area contributed by atoms with Crippen molar-refractivity contribution >= 4 is 11.9 Å². The molecule has 0 aliphatic carbocycles. The Morgan fingerprint density at radius 1 is 1.38 bits per heavy atom. The Kier molecular flexibility index (Phi) is 6.91. The van der Waals surface area contributed by atoms with Crippen LogP contribution in [0.3, 0.4) is 0 Å². The van der Waals surface area contributed by atoms with Crippen molar-refractivity contribution in [3.8, 4) is 0 Å². The van der Waals surface area contributed by atoms with Gasteiger partial charge in [0.15, 0.2) is 0 Å². The summed E-state index contributed by atoms with van der Waals surface area (Å²) in [4.78, 5) is 28.8. The first-order valence-electron chi connectivity index (χ1n) is 7.41. The predicted octanol–water partition coefficient (Wildman–Crippen LogP) is 2.18. The molecule has 21 heavy (non-hydrogen) atoms. The maximum Gasteiger partial charge on any atom is 0.323 e. The standard InChI is InChI=1S/C15H25N3O3/c1-4-5-13(17-7-6-16-11-17)8-14(19)18(9-12(2)3)10-15(20)21/h6-7,11-13H,4-5,8-10H2,1-3H3,(H,20,21). The van der Waals surface area contributed by atoms with Crippen molar-refractivity contribution in [1.82, 2.24) is 14.5 Å². The van der Waals surface area contributed by atoms with Crippen molar-refractivity contribution in [2.45, 2.75) is 46.1 Å². The molecule has 1 aromatic rings. The second kappa shape index (κ2) is 8.44. The highest BCUT2D eigenvalue weighted by atomic mass is 16.4. The van der Waals surface area contributed by atoms with Crippen LogP contribution in [-0.4, -0.2) is 44.5 Å². The van der Waals surface area contributed by atoms with E-state index < -0.39 is 5.97 Å². The summed E-state index contributed by atoms with van der Waals surface area (Å²) in [6.07, 6.45) is 7.37. The minimum Gasteiger partial charge on any atom is -0.480 e. The number of rotatable bonds is 9. The summed E-state index contributed by atoms with van der Waals surface area (Å²) in [5.41, 5.74) is 0. The third-order valence-electron chi connectivity index (χ3n) is 3.24. The molecule has 0 spiro atoms. The average molecular weight is 295 g/mol. The molecule has 1 unspecified atom stereocenters. The number of imidazole rings is 1. The van der Waals surface area contributed by atoms with Crippen LogP contribution >= 0.6 is 0 Å². The SMILES string of the molecule is CCCC(CC(=O)N(CC(=O)O)CC(C)C)n1ccnc1. The van der Waals surface area contributed by atoms with E-state index in [1.165, 1.54) is 4.90 Å². The van der Waals surface area contributed by atoms with Crippen LogP contribution in [0.1, 0.15) is 46.1 Å². The van der Waals surface area contributed by atoms with E-state index in [1.807, 2.05) is 24.6 Å². The molecule has 118 valence electrons. The summed E-state index contributed by atoms with van der Waals surface area (Å²) in [6.45, 7) is 6.24. The number of nitrogens with zero attached hydrogens (tertiary/aromatic N) is 3. The number of aliphatic carboxylic acids is 1. The van der Waals surface area contributed by atoms with Crippen LogP contribution in [-0.2, 0) is 9.59 Å². The quantitative estimate of drug-likeness (QED) is 0.757. The van der Waals surface area contributed by atoms with E-state index in [0.717, 1.165) is 12.8 Å². The monoisotopic (exact) mass is 295 g/mol. The number of aromatic nitrogens is 2. The van der Waals surface area contributed by atoms with E-state index >= 15 is 0 Å². The summed E-state index contributed by atoms with van der Waals surface area (Å²) in [7, 11) is 0. The van der Waals surface area contributed by atoms with Crippen LogP contribution in [0.15, 0.2) is 18.7 Å². The molecule has 0 aliphatic rings. The Labute approximate surface area is 125 Å². The maximum atomic E-state index is 12.4. The largest absolute Gasteiger partial charge is 0.480 e. The van der Waals surface area contributed by atoms with Gasteiger partial charge in [-0.2, -0.15) is 0 Å². The molecule has 0 aliphatic heterocycles. The number of carbonyl (C=O) groups excluding carboxylic acids is 1. The molecular weight excluding hydrogens is 270 g/mol. The highest BCUT2D eigenvalue weighted by molar-refractivity contribution is 5.81. The Balaban J connectivity index is 2.74. The van der Waals surface area contributed by atoms with Gasteiger partial charge < -0.3 is 14.6 Å². The second-order valence-electron chi connectivity index (χ2n) is 5.72. The van der Waals surface area contributed by atoms with Crippen molar-refractivity contribution in [3.05, 3.63) is 18.7 Å². The number of carboxylic acid groups (broad SMARTS) is 1. The van der Waals surface area contributed by atoms with Gasteiger partial charge in [0.25, 0.3) is 0 Å². The van der Waals surface area contributed by atoms with E-state index in [9.17, 15) is 9.59 Å². The van der Waals surface area contributed by atoms with E-state index in [2.05, 4.69) is 11.9 Å². The Morgan fingerprint density at radius 3 is 2.57 bits per heavy atom. The molecule has 1 amide bonds. The van der Waals surface area contributed by atoms with Crippen molar-refractivity contribution in [2.75, 3.05) is 13.1 Å². The third-order valence-corrected chi connectivity index (χ3v) is 3.24. The zero-order valence-corrected chi connectivity index (χ0v) is 13.0. The van der Waals surface area contributed by atoms with Crippen LogP contribution < -0.4 is 0 Å². The van der Waals surface area contributed by atoms with E-state index in [4.69, 9.17) is 5.11 Å². The molecule has 1 N–H and O–H groups in total. The molecule has 1 heterocycles. The third kappa shape index (κ3) is 5.97. The molecular formula is C15H25N3O3. The minimum atomic E-state index is -0.973. The van der Waals surface area contributed by atoms with Crippen LogP contribution in [0.2, 0.25) is 0 Å². The van der Waals surface area contributed by atoms with Crippen LogP contribution in [0, 0.1) is 5.92 Å². The lowest BCUT2D eigenvalue weighted by atomic mass is 10.1. The number of carboxylic acids is 1. The first-order valence-corrected chi connectivity index (χ1v) is 7.41. The fourth-order valence-electron chi connectivity index (χ4n) is 2.36. The van der Waals surface area contributed by atoms with Gasteiger partial charge in [0.2, 0.25) is 5.91 Å². The Bertz CT molecular complexity index is 443. The van der Waals surface area contributed by atoms with Gasteiger partial charge in [-0.05, 0) is 12.3 Å². The molecule has 0 bridgehead atoms. The molecule has 0 saturated carbocycles. The van der Waals surface area contributed by atoms with Gasteiger partial charge in [0.1, 0.15) is 6.54 Å². The van der Waals surface area contributed by atoms with E-state index in [-0.39, 0.29) is 24.4 Å². The molecule has 0 fully saturated rings. The first-order chi connectivity index (χ1) is 9.93. The zero-order chi connectivity index (χ0) is 15.8. The lowest BCUT2D eigenvalue weighted by Gasteiger charge is -2.25. The zero-order valence-electron chi connectivity index (χ0n) is 13.0. The molecule has 0 aromatic carbocycles. The van der Waals surface area contributed by atoms with Gasteiger partial charge in [-0.3, -0.25) is 9.59 Å². The number of carbonyl (C=O) groups is 2. The fourth-order valence-corrected chi connectivity index (χ4v) is 2.36. The molecule has 1 rings (SSSR count). The highest BCUT2D eigenvalue weighted by Gasteiger charge is 2.22. The summed E-state index contributed by atoms with van der Waals surface area (Å²) in [5, 5.41) is 8.96. The smallest absolute Gasteiger partial charge is 0.323 e. The van der Waals surface area contributed by atoms with E-state index in [1.54, 1.807) is 12.5 Å². The average Bonchev–Trinajstić information content (AvgIpc) is 2.90. The summed E-state index contributed by atoms with van der Waals surface area (Å²) < 4.78 is 1.93. The van der Waals surface area contributed by atoms with Crippen molar-refractivity contribution in [1.29, 1.82) is 0 Å². The summed E-state index contributed by atoms with van der Waals surface area (Å²) in [6, 6.07) is 0.0356. The van der Waals surface area contributed by atoms with Crippen molar-refractivity contribution in [2.24, 2.45) is 5.92 Å². The van der Waals surface area contributed by atoms with Crippen molar-refractivity contribution < 1.29 is 14.7 Å². The van der Waals surface area contributed by atoms with Gasteiger partial charge in [-0.25, -0.2) is 4.98 Å². The predicted molar refractivity (Wildman–Crippen MR) is 79.8 cm³/mol. The van der Waals surface area contributed by atoms with Crippen LogP contribution in [0.25, 0.3) is 0 Å². The molecule has 6 heteroatoms. The molecule has 0 saturated heterocycles. The number of hydrogen-bond acceptors (Lipinski definition) is 3. The topological polar surface area (TPSA) is 75.4 Å².